The van der Waals surface area contributed by atoms with Crippen LogP contribution in [-0.2, 0) is 11.2 Å². The van der Waals surface area contributed by atoms with E-state index in [-0.39, 0.29) is 30.1 Å². The number of hydrogen-bond donors (Lipinski definition) is 1. The van der Waals surface area contributed by atoms with Crippen molar-refractivity contribution in [3.63, 3.8) is 0 Å². The Bertz CT molecular complexity index is 501. The lowest BCUT2D eigenvalue weighted by Crippen LogP contribution is -2.57. The summed E-state index contributed by atoms with van der Waals surface area (Å²) in [6, 6.07) is 6.61. The van der Waals surface area contributed by atoms with Crippen LogP contribution in [0.5, 0.6) is 0 Å². The summed E-state index contributed by atoms with van der Waals surface area (Å²) in [5.74, 6) is 0.0692. The van der Waals surface area contributed by atoms with Crippen LogP contribution in [-0.4, -0.2) is 40.9 Å². The van der Waals surface area contributed by atoms with Gasteiger partial charge >= 0.3 is 0 Å². The Balaban J connectivity index is 2.02. The van der Waals surface area contributed by atoms with Crippen LogP contribution in [0.25, 0.3) is 0 Å². The van der Waals surface area contributed by atoms with Crippen LogP contribution in [0.2, 0.25) is 0 Å². The van der Waals surface area contributed by atoms with Gasteiger partial charge in [-0.1, -0.05) is 12.1 Å². The Morgan fingerprint density at radius 2 is 2.05 bits per heavy atom. The lowest BCUT2D eigenvalue weighted by Gasteiger charge is -2.38. The van der Waals surface area contributed by atoms with Gasteiger partial charge in [0.2, 0.25) is 5.91 Å². The predicted molar refractivity (Wildman–Crippen MR) is 75.4 cm³/mol. The number of amides is 1. The van der Waals surface area contributed by atoms with E-state index in [0.717, 1.165) is 12.1 Å². The molecule has 1 aliphatic rings. The summed E-state index contributed by atoms with van der Waals surface area (Å²) in [4.78, 5) is 24.3. The van der Waals surface area contributed by atoms with Gasteiger partial charge in [0.1, 0.15) is 0 Å². The Labute approximate surface area is 117 Å². The molecule has 1 aromatic carbocycles. The Morgan fingerprint density at radius 1 is 1.40 bits per heavy atom. The van der Waals surface area contributed by atoms with E-state index in [4.69, 9.17) is 0 Å². The summed E-state index contributed by atoms with van der Waals surface area (Å²) >= 11 is 0. The first kappa shape index (κ1) is 14.5. The van der Waals surface area contributed by atoms with Gasteiger partial charge < -0.3 is 10.2 Å². The molecular weight excluding hydrogens is 258 g/mol. The normalized spacial score (nSPS) is 22.6. The van der Waals surface area contributed by atoms with Crippen molar-refractivity contribution in [3.05, 3.63) is 39.9 Å². The minimum atomic E-state index is -0.439. The van der Waals surface area contributed by atoms with Gasteiger partial charge in [0.25, 0.3) is 5.69 Å². The van der Waals surface area contributed by atoms with Crippen molar-refractivity contribution in [2.45, 2.75) is 32.4 Å². The Hall–Kier alpha value is -1.95. The largest absolute Gasteiger partial charge is 0.337 e. The third kappa shape index (κ3) is 3.14. The number of nitro benzene ring substituents is 1. The second-order valence-electron chi connectivity index (χ2n) is 5.17. The Kier molecular flexibility index (Phi) is 4.34. The molecule has 0 aromatic heterocycles. The third-order valence-electron chi connectivity index (χ3n) is 3.86. The van der Waals surface area contributed by atoms with Crippen molar-refractivity contribution in [3.8, 4) is 0 Å². The number of carbonyl (C=O) groups excluding carboxylic acids is 1. The second-order valence-corrected chi connectivity index (χ2v) is 5.17. The number of piperazine rings is 1. The number of nitrogens with one attached hydrogen (secondary N) is 1. The molecule has 1 N–H and O–H groups in total. The summed E-state index contributed by atoms with van der Waals surface area (Å²) < 4.78 is 0. The minimum Gasteiger partial charge on any atom is -0.337 e. The average Bonchev–Trinajstić information content (AvgIpc) is 2.42. The van der Waals surface area contributed by atoms with Crippen molar-refractivity contribution >= 4 is 11.6 Å². The van der Waals surface area contributed by atoms with Crippen molar-refractivity contribution in [2.75, 3.05) is 13.1 Å². The van der Waals surface area contributed by atoms with Gasteiger partial charge in [-0.2, -0.15) is 0 Å². The average molecular weight is 277 g/mol. The van der Waals surface area contributed by atoms with Crippen molar-refractivity contribution < 1.29 is 9.72 Å². The molecular formula is C14H19N3O3. The van der Waals surface area contributed by atoms with Gasteiger partial charge in [-0.25, -0.2) is 0 Å². The molecule has 1 fully saturated rings. The number of nitrogens with zero attached hydrogens (tertiary/aromatic N) is 2. The fourth-order valence-electron chi connectivity index (χ4n) is 2.42. The highest BCUT2D eigenvalue weighted by molar-refractivity contribution is 5.79. The lowest BCUT2D eigenvalue weighted by atomic mass is 10.0. The lowest BCUT2D eigenvalue weighted by molar-refractivity contribution is -0.384. The number of rotatable bonds is 3. The molecule has 0 bridgehead atoms. The SMILES string of the molecule is CC1NCCN(C(=O)Cc2ccc([N+](=O)[O-])cc2)C1C. The molecule has 1 heterocycles. The molecule has 0 saturated carbocycles. The zero-order valence-corrected chi connectivity index (χ0v) is 11.7. The van der Waals surface area contributed by atoms with Gasteiger partial charge in [0.15, 0.2) is 0 Å². The number of benzene rings is 1. The molecule has 6 nitrogen and oxygen atoms in total. The molecule has 1 amide bonds. The molecule has 1 saturated heterocycles. The monoisotopic (exact) mass is 277 g/mol. The van der Waals surface area contributed by atoms with E-state index in [9.17, 15) is 14.9 Å². The predicted octanol–water partition coefficient (Wildman–Crippen LogP) is 1.35. The summed E-state index contributed by atoms with van der Waals surface area (Å²) in [6.45, 7) is 5.61. The standard InChI is InChI=1S/C14H19N3O3/c1-10-11(2)16(8-7-15-10)14(18)9-12-3-5-13(6-4-12)17(19)20/h3-6,10-11,15H,7-9H2,1-2H3. The van der Waals surface area contributed by atoms with Crippen LogP contribution >= 0.6 is 0 Å². The number of non-ortho nitro benzene ring substituents is 1. The van der Waals surface area contributed by atoms with E-state index in [1.807, 2.05) is 11.8 Å². The molecule has 0 radical (unpaired) electrons. The Morgan fingerprint density at radius 3 is 2.65 bits per heavy atom. The summed E-state index contributed by atoms with van der Waals surface area (Å²) in [6.07, 6.45) is 0.287. The smallest absolute Gasteiger partial charge is 0.269 e. The van der Waals surface area contributed by atoms with Crippen molar-refractivity contribution in [1.29, 1.82) is 0 Å². The maximum Gasteiger partial charge on any atom is 0.269 e. The molecule has 0 spiro atoms. The van der Waals surface area contributed by atoms with E-state index < -0.39 is 4.92 Å². The molecule has 2 atom stereocenters. The first-order chi connectivity index (χ1) is 9.49. The van der Waals surface area contributed by atoms with Gasteiger partial charge in [-0.05, 0) is 19.4 Å². The molecule has 6 heteroatoms. The van der Waals surface area contributed by atoms with Crippen LogP contribution in [0, 0.1) is 10.1 Å². The second kappa shape index (κ2) is 6.00. The molecule has 0 aliphatic carbocycles. The number of hydrogen-bond acceptors (Lipinski definition) is 4. The van der Waals surface area contributed by atoms with Crippen LogP contribution in [0.1, 0.15) is 19.4 Å². The van der Waals surface area contributed by atoms with Crippen LogP contribution in [0.4, 0.5) is 5.69 Å². The van der Waals surface area contributed by atoms with Gasteiger partial charge in [-0.3, -0.25) is 14.9 Å². The minimum absolute atomic E-state index is 0.0466. The van der Waals surface area contributed by atoms with E-state index in [1.54, 1.807) is 12.1 Å². The van der Waals surface area contributed by atoms with E-state index in [2.05, 4.69) is 12.2 Å². The molecule has 1 aliphatic heterocycles. The fourth-order valence-corrected chi connectivity index (χ4v) is 2.42. The maximum absolute atomic E-state index is 12.3. The highest BCUT2D eigenvalue weighted by atomic mass is 16.6. The molecule has 20 heavy (non-hydrogen) atoms. The van der Waals surface area contributed by atoms with Crippen molar-refractivity contribution in [2.24, 2.45) is 0 Å². The molecule has 2 unspecified atom stereocenters. The van der Waals surface area contributed by atoms with Crippen LogP contribution < -0.4 is 5.32 Å². The van der Waals surface area contributed by atoms with Gasteiger partial charge in [-0.15, -0.1) is 0 Å². The topological polar surface area (TPSA) is 75.5 Å². The zero-order valence-electron chi connectivity index (χ0n) is 11.7. The number of nitro groups is 1. The van der Waals surface area contributed by atoms with Crippen LogP contribution in [0.15, 0.2) is 24.3 Å². The summed E-state index contributed by atoms with van der Waals surface area (Å²) in [5, 5.41) is 13.9. The summed E-state index contributed by atoms with van der Waals surface area (Å²) in [7, 11) is 0. The number of carbonyl (C=O) groups is 1. The van der Waals surface area contributed by atoms with E-state index in [0.29, 0.717) is 6.54 Å². The quantitative estimate of drug-likeness (QED) is 0.668. The molecule has 108 valence electrons. The van der Waals surface area contributed by atoms with Crippen LogP contribution in [0.3, 0.4) is 0 Å². The van der Waals surface area contributed by atoms with Crippen molar-refractivity contribution in [1.82, 2.24) is 10.2 Å². The maximum atomic E-state index is 12.3. The van der Waals surface area contributed by atoms with Gasteiger partial charge in [0.05, 0.1) is 11.3 Å². The molecule has 2 rings (SSSR count). The highest BCUT2D eigenvalue weighted by Gasteiger charge is 2.27. The van der Waals surface area contributed by atoms with E-state index in [1.165, 1.54) is 12.1 Å². The first-order valence-electron chi connectivity index (χ1n) is 6.75. The highest BCUT2D eigenvalue weighted by Crippen LogP contribution is 2.15. The fraction of sp³-hybridized carbons (Fsp3) is 0.500. The molecule has 1 aromatic rings. The zero-order chi connectivity index (χ0) is 14.7. The summed E-state index contributed by atoms with van der Waals surface area (Å²) in [5.41, 5.74) is 0.851. The van der Waals surface area contributed by atoms with Gasteiger partial charge in [0, 0.05) is 37.3 Å². The van der Waals surface area contributed by atoms with E-state index >= 15 is 0 Å². The third-order valence-corrected chi connectivity index (χ3v) is 3.86. The first-order valence-corrected chi connectivity index (χ1v) is 6.75.